The number of esters is 3. The van der Waals surface area contributed by atoms with Gasteiger partial charge in [0.25, 0.3) is 0 Å². The first kappa shape index (κ1) is 61.3. The highest BCUT2D eigenvalue weighted by Crippen LogP contribution is 2.14. The lowest BCUT2D eigenvalue weighted by Gasteiger charge is -2.18. The van der Waals surface area contributed by atoms with E-state index < -0.39 is 6.10 Å². The Kier molecular flexibility index (Phi) is 49.1. The van der Waals surface area contributed by atoms with Crippen LogP contribution in [0.4, 0.5) is 0 Å². The van der Waals surface area contributed by atoms with Gasteiger partial charge in [-0.25, -0.2) is 0 Å². The predicted molar refractivity (Wildman–Crippen MR) is 283 cm³/mol. The van der Waals surface area contributed by atoms with Crippen LogP contribution in [0, 0.1) is 0 Å². The molecule has 0 saturated carbocycles. The lowest BCUT2D eigenvalue weighted by atomic mass is 10.1. The minimum absolute atomic E-state index is 0.109. The Morgan fingerprint density at radius 3 is 1.00 bits per heavy atom. The van der Waals surface area contributed by atoms with Crippen molar-refractivity contribution in [3.05, 3.63) is 146 Å². The highest BCUT2D eigenvalue weighted by molar-refractivity contribution is 5.71. The van der Waals surface area contributed by atoms with E-state index in [-0.39, 0.29) is 37.5 Å². The van der Waals surface area contributed by atoms with Gasteiger partial charge in [-0.3, -0.25) is 14.4 Å². The summed E-state index contributed by atoms with van der Waals surface area (Å²) in [4.78, 5) is 38.0. The third-order valence-electron chi connectivity index (χ3n) is 10.4. The van der Waals surface area contributed by atoms with E-state index >= 15 is 0 Å². The van der Waals surface area contributed by atoms with Crippen LogP contribution in [0.5, 0.6) is 0 Å². The van der Waals surface area contributed by atoms with Crippen LogP contribution >= 0.6 is 0 Å². The van der Waals surface area contributed by atoms with Gasteiger partial charge < -0.3 is 14.2 Å². The Morgan fingerprint density at radius 1 is 0.318 bits per heavy atom. The van der Waals surface area contributed by atoms with E-state index in [0.29, 0.717) is 12.8 Å². The van der Waals surface area contributed by atoms with Crippen molar-refractivity contribution in [2.75, 3.05) is 13.2 Å². The SMILES string of the molecule is CC\C=C/C=C\C=C/C=C\C=C\C=C/C=C\CCCCCC(=O)OCC(COC(=O)CCCCCCCCCCCCC)OC(=O)CCCCCCC\C=C/C=C\C=C/C=C\C=C/CCC. The van der Waals surface area contributed by atoms with Crippen molar-refractivity contribution < 1.29 is 28.6 Å². The van der Waals surface area contributed by atoms with Crippen LogP contribution in [-0.2, 0) is 28.6 Å². The van der Waals surface area contributed by atoms with E-state index in [0.717, 1.165) is 96.3 Å². The number of allylic oxidation sites excluding steroid dienone is 24. The van der Waals surface area contributed by atoms with Gasteiger partial charge in [0.15, 0.2) is 6.10 Å². The van der Waals surface area contributed by atoms with Gasteiger partial charge >= 0.3 is 17.9 Å². The molecule has 368 valence electrons. The minimum atomic E-state index is -0.815. The number of ether oxygens (including phenoxy) is 3. The van der Waals surface area contributed by atoms with Crippen molar-refractivity contribution in [3.8, 4) is 0 Å². The summed E-state index contributed by atoms with van der Waals surface area (Å²) in [5, 5.41) is 0. The molecule has 0 spiro atoms. The molecule has 0 N–H and O–H groups in total. The number of unbranched alkanes of at least 4 members (excludes halogenated alkanes) is 19. The molecule has 6 heteroatoms. The van der Waals surface area contributed by atoms with Gasteiger partial charge in [-0.15, -0.1) is 0 Å². The van der Waals surface area contributed by atoms with E-state index in [1.165, 1.54) is 57.8 Å². The van der Waals surface area contributed by atoms with Gasteiger partial charge in [0.05, 0.1) is 0 Å². The normalized spacial score (nSPS) is 13.3. The Balaban J connectivity index is 4.57. The third kappa shape index (κ3) is 50.3. The maximum atomic E-state index is 12.8. The molecule has 0 aliphatic rings. The van der Waals surface area contributed by atoms with Crippen LogP contribution in [-0.4, -0.2) is 37.2 Å². The summed E-state index contributed by atoms with van der Waals surface area (Å²) in [5.74, 6) is -0.992. The van der Waals surface area contributed by atoms with E-state index in [9.17, 15) is 14.4 Å². The van der Waals surface area contributed by atoms with Crippen LogP contribution in [0.1, 0.15) is 194 Å². The number of carbonyl (C=O) groups is 3. The molecule has 0 amide bonds. The molecule has 0 rings (SSSR count). The van der Waals surface area contributed by atoms with Crippen molar-refractivity contribution in [2.45, 2.75) is 200 Å². The molecule has 1 atom stereocenters. The molecule has 0 saturated heterocycles. The number of carbonyl (C=O) groups excluding carboxylic acids is 3. The van der Waals surface area contributed by atoms with Crippen molar-refractivity contribution in [1.82, 2.24) is 0 Å². The standard InChI is InChI=1S/C60H92O6/c1-4-7-10-13-16-19-22-24-26-28-30-32-33-35-38-41-44-47-50-53-59(62)65-56-57(55-64-58(61)52-49-46-43-40-37-21-18-15-12-9-6-3)66-60(63)54-51-48-45-42-39-36-34-31-29-27-25-23-20-17-14-11-8-5-2/h7,10-11,13-14,16-17,19-20,22-35,38,57H,4-6,8-9,12,15,18,21,36-37,39-56H2,1-3H3/b10-7-,14-11-,16-13-,20-17-,22-19-,25-23-,26-24-,29-27-,30-28+,33-32-,34-31-,38-35-. The van der Waals surface area contributed by atoms with Gasteiger partial charge in [0, 0.05) is 19.3 Å². The predicted octanol–water partition coefficient (Wildman–Crippen LogP) is 17.3. The largest absolute Gasteiger partial charge is 0.462 e. The highest BCUT2D eigenvalue weighted by Gasteiger charge is 2.19. The highest BCUT2D eigenvalue weighted by atomic mass is 16.6. The van der Waals surface area contributed by atoms with E-state index in [1.54, 1.807) is 0 Å². The monoisotopic (exact) mass is 909 g/mol. The number of hydrogen-bond donors (Lipinski definition) is 0. The molecule has 66 heavy (non-hydrogen) atoms. The van der Waals surface area contributed by atoms with Gasteiger partial charge in [-0.1, -0.05) is 263 Å². The summed E-state index contributed by atoms with van der Waals surface area (Å²) in [7, 11) is 0. The summed E-state index contributed by atoms with van der Waals surface area (Å²) >= 11 is 0. The second-order valence-corrected chi connectivity index (χ2v) is 16.7. The summed E-state index contributed by atoms with van der Waals surface area (Å²) in [6, 6.07) is 0. The fraction of sp³-hybridized carbons (Fsp3) is 0.550. The Labute approximate surface area is 404 Å². The minimum Gasteiger partial charge on any atom is -0.462 e. The maximum absolute atomic E-state index is 12.8. The molecule has 0 bridgehead atoms. The molecule has 6 nitrogen and oxygen atoms in total. The van der Waals surface area contributed by atoms with Crippen molar-refractivity contribution >= 4 is 17.9 Å². The molecule has 1 unspecified atom stereocenters. The molecule has 0 aliphatic heterocycles. The van der Waals surface area contributed by atoms with E-state index in [4.69, 9.17) is 14.2 Å². The number of hydrogen-bond acceptors (Lipinski definition) is 6. The van der Waals surface area contributed by atoms with Crippen LogP contribution in [0.15, 0.2) is 146 Å². The van der Waals surface area contributed by atoms with Gasteiger partial charge in [0.1, 0.15) is 13.2 Å². The zero-order valence-electron chi connectivity index (χ0n) is 41.9. The zero-order chi connectivity index (χ0) is 47.9. The van der Waals surface area contributed by atoms with Crippen LogP contribution < -0.4 is 0 Å². The first-order valence-electron chi connectivity index (χ1n) is 26.0. The van der Waals surface area contributed by atoms with Gasteiger partial charge in [-0.05, 0) is 57.8 Å². The van der Waals surface area contributed by atoms with Crippen LogP contribution in [0.2, 0.25) is 0 Å². The second-order valence-electron chi connectivity index (χ2n) is 16.7. The summed E-state index contributed by atoms with van der Waals surface area (Å²) in [6.45, 7) is 6.31. The average molecular weight is 909 g/mol. The molecular formula is C60H92O6. The Hall–Kier alpha value is -4.71. The maximum Gasteiger partial charge on any atom is 0.306 e. The lowest BCUT2D eigenvalue weighted by Crippen LogP contribution is -2.30. The van der Waals surface area contributed by atoms with Crippen LogP contribution in [0.3, 0.4) is 0 Å². The molecule has 0 aromatic heterocycles. The van der Waals surface area contributed by atoms with Crippen LogP contribution in [0.25, 0.3) is 0 Å². The Bertz CT molecular complexity index is 1510. The fourth-order valence-corrected chi connectivity index (χ4v) is 6.51. The summed E-state index contributed by atoms with van der Waals surface area (Å²) < 4.78 is 16.7. The van der Waals surface area contributed by atoms with Crippen molar-refractivity contribution in [2.24, 2.45) is 0 Å². The van der Waals surface area contributed by atoms with E-state index in [1.807, 2.05) is 109 Å². The van der Waals surface area contributed by atoms with Crippen molar-refractivity contribution in [1.29, 1.82) is 0 Å². The fourth-order valence-electron chi connectivity index (χ4n) is 6.51. The molecule has 0 aromatic carbocycles. The topological polar surface area (TPSA) is 78.9 Å². The van der Waals surface area contributed by atoms with E-state index in [2.05, 4.69) is 57.2 Å². The molecular weight excluding hydrogens is 817 g/mol. The van der Waals surface area contributed by atoms with Crippen molar-refractivity contribution in [3.63, 3.8) is 0 Å². The average Bonchev–Trinajstić information content (AvgIpc) is 3.31. The molecule has 0 aromatic rings. The quantitative estimate of drug-likeness (QED) is 0.0262. The molecule has 0 radical (unpaired) electrons. The second kappa shape index (κ2) is 52.9. The smallest absolute Gasteiger partial charge is 0.306 e. The summed E-state index contributed by atoms with van der Waals surface area (Å²) in [5.41, 5.74) is 0. The Morgan fingerprint density at radius 2 is 0.621 bits per heavy atom. The molecule has 0 aliphatic carbocycles. The van der Waals surface area contributed by atoms with Gasteiger partial charge in [-0.2, -0.15) is 0 Å². The zero-order valence-corrected chi connectivity index (χ0v) is 41.9. The number of rotatable bonds is 44. The first-order valence-corrected chi connectivity index (χ1v) is 26.0. The van der Waals surface area contributed by atoms with Gasteiger partial charge in [0.2, 0.25) is 0 Å². The molecule has 0 fully saturated rings. The first-order chi connectivity index (χ1) is 32.5. The molecule has 0 heterocycles. The lowest BCUT2D eigenvalue weighted by molar-refractivity contribution is -0.167. The third-order valence-corrected chi connectivity index (χ3v) is 10.4. The summed E-state index contributed by atoms with van der Waals surface area (Å²) in [6.07, 6.45) is 75.3.